The van der Waals surface area contributed by atoms with Gasteiger partial charge in [0.1, 0.15) is 11.5 Å². The zero-order chi connectivity index (χ0) is 28.4. The van der Waals surface area contributed by atoms with Crippen molar-refractivity contribution < 1.29 is 14.3 Å². The third kappa shape index (κ3) is 11.0. The molecule has 0 aliphatic carbocycles. The maximum absolute atomic E-state index is 13.2. The van der Waals surface area contributed by atoms with Crippen LogP contribution in [-0.4, -0.2) is 12.1 Å². The molecule has 1 atom stereocenters. The lowest BCUT2D eigenvalue weighted by molar-refractivity contribution is 0.0735. The molecule has 3 aromatic carbocycles. The molecule has 0 spiro atoms. The third-order valence-corrected chi connectivity index (χ3v) is 7.35. The average molecular weight is 541 g/mol. The molecular weight excluding hydrogens is 492 g/mol. The van der Waals surface area contributed by atoms with Crippen molar-refractivity contribution in [3.63, 3.8) is 0 Å². The zero-order valence-electron chi connectivity index (χ0n) is 24.7. The van der Waals surface area contributed by atoms with Crippen molar-refractivity contribution in [3.05, 3.63) is 96.6 Å². The molecule has 0 heterocycles. The SMILES string of the molecule is C=CCCCCCCCCc1ccc(-c2ccccc2)c(OC(=O)c2ccc(O[C@@H](C)CCCCCC)cc2)c1. The van der Waals surface area contributed by atoms with Crippen molar-refractivity contribution >= 4 is 5.97 Å². The molecule has 3 heteroatoms. The Morgan fingerprint density at radius 3 is 2.25 bits per heavy atom. The molecule has 3 nitrogen and oxygen atoms in total. The van der Waals surface area contributed by atoms with Crippen molar-refractivity contribution in [2.75, 3.05) is 0 Å². The van der Waals surface area contributed by atoms with E-state index in [4.69, 9.17) is 9.47 Å². The molecule has 0 fully saturated rings. The van der Waals surface area contributed by atoms with Gasteiger partial charge >= 0.3 is 5.97 Å². The Morgan fingerprint density at radius 2 is 1.52 bits per heavy atom. The molecule has 0 bridgehead atoms. The number of unbranched alkanes of at least 4 members (excludes halogenated alkanes) is 9. The van der Waals surface area contributed by atoms with Gasteiger partial charge in [-0.25, -0.2) is 4.79 Å². The lowest BCUT2D eigenvalue weighted by Crippen LogP contribution is -2.12. The normalized spacial score (nSPS) is 11.7. The van der Waals surface area contributed by atoms with E-state index >= 15 is 0 Å². The highest BCUT2D eigenvalue weighted by Crippen LogP contribution is 2.32. The molecule has 214 valence electrons. The molecule has 0 radical (unpaired) electrons. The molecule has 0 saturated heterocycles. The molecule has 3 aromatic rings. The second-order valence-electron chi connectivity index (χ2n) is 10.8. The highest BCUT2D eigenvalue weighted by atomic mass is 16.5. The first-order chi connectivity index (χ1) is 19.6. The Bertz CT molecular complexity index is 1130. The quantitative estimate of drug-likeness (QED) is 0.0656. The molecular formula is C37H48O3. The van der Waals surface area contributed by atoms with Crippen molar-refractivity contribution in [3.8, 4) is 22.6 Å². The Hall–Kier alpha value is -3.33. The van der Waals surface area contributed by atoms with Gasteiger partial charge in [-0.1, -0.05) is 100 Å². The average Bonchev–Trinajstić information content (AvgIpc) is 2.97. The molecule has 0 N–H and O–H groups in total. The van der Waals surface area contributed by atoms with Crippen LogP contribution in [0.1, 0.15) is 107 Å². The van der Waals surface area contributed by atoms with Gasteiger partial charge in [0.2, 0.25) is 0 Å². The first kappa shape index (κ1) is 31.2. The first-order valence-electron chi connectivity index (χ1n) is 15.4. The Morgan fingerprint density at radius 1 is 0.825 bits per heavy atom. The summed E-state index contributed by atoms with van der Waals surface area (Å²) < 4.78 is 12.1. The fourth-order valence-electron chi connectivity index (χ4n) is 4.97. The number of rotatable bonds is 19. The largest absolute Gasteiger partial charge is 0.491 e. The number of benzene rings is 3. The summed E-state index contributed by atoms with van der Waals surface area (Å²) in [5.74, 6) is 1.04. The number of hydrogen-bond donors (Lipinski definition) is 0. The number of allylic oxidation sites excluding steroid dienone is 1. The number of aryl methyl sites for hydroxylation is 1. The van der Waals surface area contributed by atoms with Crippen LogP contribution in [-0.2, 0) is 6.42 Å². The summed E-state index contributed by atoms with van der Waals surface area (Å²) in [6.45, 7) is 8.13. The van der Waals surface area contributed by atoms with E-state index in [9.17, 15) is 4.79 Å². The molecule has 0 aliphatic rings. The Balaban J connectivity index is 1.61. The number of carbonyl (C=O) groups is 1. The summed E-state index contributed by atoms with van der Waals surface area (Å²) in [6, 6.07) is 23.7. The fourth-order valence-corrected chi connectivity index (χ4v) is 4.97. The lowest BCUT2D eigenvalue weighted by atomic mass is 9.99. The third-order valence-electron chi connectivity index (χ3n) is 7.35. The van der Waals surface area contributed by atoms with Crippen LogP contribution in [0.25, 0.3) is 11.1 Å². The van der Waals surface area contributed by atoms with Crippen LogP contribution in [0.5, 0.6) is 11.5 Å². The van der Waals surface area contributed by atoms with Crippen LogP contribution in [0.15, 0.2) is 85.5 Å². The lowest BCUT2D eigenvalue weighted by Gasteiger charge is -2.15. The van der Waals surface area contributed by atoms with Gasteiger partial charge in [-0.3, -0.25) is 0 Å². The van der Waals surface area contributed by atoms with E-state index in [1.165, 1.54) is 63.4 Å². The predicted molar refractivity (Wildman–Crippen MR) is 168 cm³/mol. The minimum absolute atomic E-state index is 0.156. The number of carbonyl (C=O) groups excluding carboxylic acids is 1. The van der Waals surface area contributed by atoms with Crippen LogP contribution >= 0.6 is 0 Å². The smallest absolute Gasteiger partial charge is 0.343 e. The van der Waals surface area contributed by atoms with Gasteiger partial charge in [-0.15, -0.1) is 6.58 Å². The summed E-state index contributed by atoms with van der Waals surface area (Å²) >= 11 is 0. The van der Waals surface area contributed by atoms with E-state index in [0.717, 1.165) is 42.6 Å². The van der Waals surface area contributed by atoms with Crippen LogP contribution in [0.2, 0.25) is 0 Å². The monoisotopic (exact) mass is 540 g/mol. The molecule has 0 amide bonds. The van der Waals surface area contributed by atoms with Gasteiger partial charge in [-0.2, -0.15) is 0 Å². The Labute approximate surface area is 242 Å². The second kappa shape index (κ2) is 18.1. The minimum Gasteiger partial charge on any atom is -0.491 e. The van der Waals surface area contributed by atoms with E-state index < -0.39 is 0 Å². The van der Waals surface area contributed by atoms with Crippen molar-refractivity contribution in [1.82, 2.24) is 0 Å². The van der Waals surface area contributed by atoms with Crippen molar-refractivity contribution in [2.24, 2.45) is 0 Å². The highest BCUT2D eigenvalue weighted by Gasteiger charge is 2.15. The number of ether oxygens (including phenoxy) is 2. The zero-order valence-corrected chi connectivity index (χ0v) is 24.7. The van der Waals surface area contributed by atoms with Gasteiger partial charge < -0.3 is 9.47 Å². The van der Waals surface area contributed by atoms with Gasteiger partial charge in [0.15, 0.2) is 0 Å². The van der Waals surface area contributed by atoms with Crippen LogP contribution in [0.4, 0.5) is 0 Å². The van der Waals surface area contributed by atoms with Crippen molar-refractivity contribution in [1.29, 1.82) is 0 Å². The molecule has 0 saturated carbocycles. The predicted octanol–water partition coefficient (Wildman–Crippen LogP) is 10.8. The molecule has 0 unspecified atom stereocenters. The van der Waals surface area contributed by atoms with Crippen LogP contribution < -0.4 is 9.47 Å². The van der Waals surface area contributed by atoms with Gasteiger partial charge in [0, 0.05) is 5.56 Å². The maximum Gasteiger partial charge on any atom is 0.343 e. The summed E-state index contributed by atoms with van der Waals surface area (Å²) in [7, 11) is 0. The van der Waals surface area contributed by atoms with E-state index in [2.05, 4.69) is 32.6 Å². The van der Waals surface area contributed by atoms with Crippen LogP contribution in [0.3, 0.4) is 0 Å². The van der Waals surface area contributed by atoms with Gasteiger partial charge in [-0.05, 0) is 86.9 Å². The first-order valence-corrected chi connectivity index (χ1v) is 15.4. The van der Waals surface area contributed by atoms with Crippen LogP contribution in [0, 0.1) is 0 Å². The molecule has 40 heavy (non-hydrogen) atoms. The summed E-state index contributed by atoms with van der Waals surface area (Å²) in [5, 5.41) is 0. The number of esters is 1. The van der Waals surface area contributed by atoms with E-state index in [1.54, 1.807) is 12.1 Å². The Kier molecular flexibility index (Phi) is 14.1. The van der Waals surface area contributed by atoms with E-state index in [-0.39, 0.29) is 12.1 Å². The maximum atomic E-state index is 13.2. The molecule has 0 aromatic heterocycles. The van der Waals surface area contributed by atoms with Gasteiger partial charge in [0.25, 0.3) is 0 Å². The molecule has 0 aliphatic heterocycles. The minimum atomic E-state index is -0.354. The van der Waals surface area contributed by atoms with E-state index in [1.807, 2.05) is 54.6 Å². The number of hydrogen-bond acceptors (Lipinski definition) is 3. The topological polar surface area (TPSA) is 35.5 Å². The second-order valence-corrected chi connectivity index (χ2v) is 10.8. The van der Waals surface area contributed by atoms with E-state index in [0.29, 0.717) is 11.3 Å². The summed E-state index contributed by atoms with van der Waals surface area (Å²) in [5.41, 5.74) is 3.68. The molecule has 3 rings (SSSR count). The summed E-state index contributed by atoms with van der Waals surface area (Å²) in [4.78, 5) is 13.2. The van der Waals surface area contributed by atoms with Crippen molar-refractivity contribution in [2.45, 2.75) is 103 Å². The standard InChI is InChI=1S/C37H48O3/c1-4-6-8-10-11-12-13-16-20-31-23-28-35(32-21-17-14-18-22-32)36(29-31)40-37(38)33-24-26-34(27-25-33)39-30(3)19-15-9-7-5-2/h4,14,17-18,21-30H,1,5-13,15-16,19-20H2,2-3H3/t30-/m0/s1. The fraction of sp³-hybridized carbons (Fsp3) is 0.432. The van der Waals surface area contributed by atoms with Gasteiger partial charge in [0.05, 0.1) is 11.7 Å². The summed E-state index contributed by atoms with van der Waals surface area (Å²) in [6.07, 6.45) is 17.7. The highest BCUT2D eigenvalue weighted by molar-refractivity contribution is 5.92.